The number of piperidine rings is 1. The van der Waals surface area contributed by atoms with Crippen LogP contribution in [0, 0.1) is 12.8 Å². The molecule has 1 aliphatic heterocycles. The molecular weight excluding hydrogens is 276 g/mol. The van der Waals surface area contributed by atoms with Crippen LogP contribution in [0.3, 0.4) is 0 Å². The molecule has 3 heterocycles. The summed E-state index contributed by atoms with van der Waals surface area (Å²) in [4.78, 5) is 17.9. The molecule has 1 N–H and O–H groups in total. The van der Waals surface area contributed by atoms with Crippen molar-refractivity contribution < 1.29 is 4.79 Å². The fourth-order valence-corrected chi connectivity index (χ4v) is 3.14. The molecule has 0 bridgehead atoms. The van der Waals surface area contributed by atoms with Gasteiger partial charge in [0.05, 0.1) is 5.69 Å². The lowest BCUT2D eigenvalue weighted by atomic mass is 9.89. The smallest absolute Gasteiger partial charge is 0.219 e. The molecule has 1 amide bonds. The first-order chi connectivity index (χ1) is 10.6. The minimum absolute atomic E-state index is 0.188. The number of amides is 1. The fourth-order valence-electron chi connectivity index (χ4n) is 3.14. The molecule has 5 nitrogen and oxygen atoms in total. The average molecular weight is 298 g/mol. The summed E-state index contributed by atoms with van der Waals surface area (Å²) in [5.74, 6) is 0.797. The van der Waals surface area contributed by atoms with E-state index in [1.807, 2.05) is 30.2 Å². The summed E-state index contributed by atoms with van der Waals surface area (Å²) in [6.07, 6.45) is 4.95. The summed E-state index contributed by atoms with van der Waals surface area (Å²) in [7, 11) is 0. The van der Waals surface area contributed by atoms with Crippen LogP contribution in [0.15, 0.2) is 24.4 Å². The number of carbonyl (C=O) groups is 1. The fraction of sp³-hybridized carbons (Fsp3) is 0.471. The molecule has 2 aromatic rings. The van der Waals surface area contributed by atoms with Crippen molar-refractivity contribution >= 4 is 5.91 Å². The van der Waals surface area contributed by atoms with Gasteiger partial charge in [-0.3, -0.25) is 14.9 Å². The lowest BCUT2D eigenvalue weighted by molar-refractivity contribution is -0.130. The highest BCUT2D eigenvalue weighted by atomic mass is 16.2. The maximum atomic E-state index is 11.4. The Balaban J connectivity index is 1.72. The Kier molecular flexibility index (Phi) is 4.22. The Morgan fingerprint density at radius 1 is 1.41 bits per heavy atom. The standard InChI is InChI=1S/C17H22N4O/c1-12-10-16(20-19-12)17-15(4-3-7-18-17)11-14-5-8-21(9-6-14)13(2)22/h3-4,7,10,14H,5-6,8-9,11H2,1-2H3,(H,19,20). The topological polar surface area (TPSA) is 61.9 Å². The Labute approximate surface area is 130 Å². The number of H-pyrrole nitrogens is 1. The Morgan fingerprint density at radius 3 is 2.82 bits per heavy atom. The van der Waals surface area contributed by atoms with Crippen LogP contribution in [0.4, 0.5) is 0 Å². The first-order valence-electron chi connectivity index (χ1n) is 7.85. The third kappa shape index (κ3) is 3.18. The molecule has 0 unspecified atom stereocenters. The molecule has 116 valence electrons. The van der Waals surface area contributed by atoms with E-state index in [4.69, 9.17) is 0 Å². The lowest BCUT2D eigenvalue weighted by Crippen LogP contribution is -2.37. The zero-order valence-electron chi connectivity index (χ0n) is 13.2. The number of aryl methyl sites for hydroxylation is 1. The number of likely N-dealkylation sites (tertiary alicyclic amines) is 1. The van der Waals surface area contributed by atoms with E-state index in [9.17, 15) is 4.79 Å². The minimum Gasteiger partial charge on any atom is -0.343 e. The van der Waals surface area contributed by atoms with E-state index in [2.05, 4.69) is 21.2 Å². The second-order valence-electron chi connectivity index (χ2n) is 6.10. The van der Waals surface area contributed by atoms with Crippen LogP contribution in [-0.4, -0.2) is 39.1 Å². The van der Waals surface area contributed by atoms with Gasteiger partial charge in [-0.25, -0.2) is 0 Å². The molecular formula is C17H22N4O. The van der Waals surface area contributed by atoms with Crippen LogP contribution in [0.25, 0.3) is 11.4 Å². The van der Waals surface area contributed by atoms with Gasteiger partial charge in [0, 0.05) is 31.9 Å². The summed E-state index contributed by atoms with van der Waals surface area (Å²) >= 11 is 0. The molecule has 0 aromatic carbocycles. The predicted octanol–water partition coefficient (Wildman–Crippen LogP) is 2.58. The van der Waals surface area contributed by atoms with Crippen molar-refractivity contribution in [1.29, 1.82) is 0 Å². The van der Waals surface area contributed by atoms with Gasteiger partial charge in [0.15, 0.2) is 0 Å². The second kappa shape index (κ2) is 6.30. The molecule has 2 aromatic heterocycles. The first kappa shape index (κ1) is 14.8. The molecule has 1 aliphatic rings. The SMILES string of the molecule is CC(=O)N1CCC(Cc2cccnc2-c2cc(C)[nH]n2)CC1. The third-order valence-corrected chi connectivity index (χ3v) is 4.41. The van der Waals surface area contributed by atoms with Crippen LogP contribution in [-0.2, 0) is 11.2 Å². The highest BCUT2D eigenvalue weighted by molar-refractivity contribution is 5.73. The van der Waals surface area contributed by atoms with Gasteiger partial charge in [0.2, 0.25) is 5.91 Å². The Bertz CT molecular complexity index is 656. The van der Waals surface area contributed by atoms with Crippen molar-refractivity contribution in [2.24, 2.45) is 5.92 Å². The molecule has 1 saturated heterocycles. The van der Waals surface area contributed by atoms with E-state index >= 15 is 0 Å². The zero-order chi connectivity index (χ0) is 15.5. The number of pyridine rings is 1. The Morgan fingerprint density at radius 2 is 2.18 bits per heavy atom. The van der Waals surface area contributed by atoms with E-state index in [1.54, 1.807) is 6.92 Å². The third-order valence-electron chi connectivity index (χ3n) is 4.41. The number of aromatic nitrogens is 3. The van der Waals surface area contributed by atoms with Crippen LogP contribution < -0.4 is 0 Å². The van der Waals surface area contributed by atoms with Crippen molar-refractivity contribution in [3.63, 3.8) is 0 Å². The normalized spacial score (nSPS) is 16.0. The maximum Gasteiger partial charge on any atom is 0.219 e. The molecule has 22 heavy (non-hydrogen) atoms. The van der Waals surface area contributed by atoms with Crippen LogP contribution in [0.1, 0.15) is 31.0 Å². The minimum atomic E-state index is 0.188. The second-order valence-corrected chi connectivity index (χ2v) is 6.10. The Hall–Kier alpha value is -2.17. The summed E-state index contributed by atoms with van der Waals surface area (Å²) in [6, 6.07) is 6.16. The van der Waals surface area contributed by atoms with E-state index in [0.717, 1.165) is 49.4 Å². The van der Waals surface area contributed by atoms with Gasteiger partial charge < -0.3 is 4.90 Å². The van der Waals surface area contributed by atoms with Crippen LogP contribution >= 0.6 is 0 Å². The number of hydrogen-bond donors (Lipinski definition) is 1. The van der Waals surface area contributed by atoms with Crippen molar-refractivity contribution in [3.8, 4) is 11.4 Å². The maximum absolute atomic E-state index is 11.4. The number of nitrogens with one attached hydrogen (secondary N) is 1. The van der Waals surface area contributed by atoms with Gasteiger partial charge in [0.1, 0.15) is 5.69 Å². The summed E-state index contributed by atoms with van der Waals surface area (Å²) in [5, 5.41) is 7.32. The van der Waals surface area contributed by atoms with Crippen LogP contribution in [0.5, 0.6) is 0 Å². The van der Waals surface area contributed by atoms with Gasteiger partial charge in [0.25, 0.3) is 0 Å². The van der Waals surface area contributed by atoms with Gasteiger partial charge in [-0.15, -0.1) is 0 Å². The monoisotopic (exact) mass is 298 g/mol. The number of nitrogens with zero attached hydrogens (tertiary/aromatic N) is 3. The van der Waals surface area contributed by atoms with Gasteiger partial charge in [-0.2, -0.15) is 5.10 Å². The summed E-state index contributed by atoms with van der Waals surface area (Å²) < 4.78 is 0. The highest BCUT2D eigenvalue weighted by Crippen LogP contribution is 2.26. The molecule has 0 atom stereocenters. The number of hydrogen-bond acceptors (Lipinski definition) is 3. The number of rotatable bonds is 3. The van der Waals surface area contributed by atoms with Crippen molar-refractivity contribution in [3.05, 3.63) is 35.7 Å². The number of aromatic amines is 1. The van der Waals surface area contributed by atoms with E-state index in [1.165, 1.54) is 5.56 Å². The van der Waals surface area contributed by atoms with Gasteiger partial charge >= 0.3 is 0 Å². The zero-order valence-corrected chi connectivity index (χ0v) is 13.2. The lowest BCUT2D eigenvalue weighted by Gasteiger charge is -2.31. The van der Waals surface area contributed by atoms with E-state index < -0.39 is 0 Å². The molecule has 1 fully saturated rings. The summed E-state index contributed by atoms with van der Waals surface area (Å²) in [6.45, 7) is 5.39. The van der Waals surface area contributed by atoms with E-state index in [0.29, 0.717) is 5.92 Å². The van der Waals surface area contributed by atoms with Crippen molar-refractivity contribution in [2.45, 2.75) is 33.1 Å². The average Bonchev–Trinajstić information content (AvgIpc) is 2.95. The first-order valence-corrected chi connectivity index (χ1v) is 7.85. The highest BCUT2D eigenvalue weighted by Gasteiger charge is 2.22. The molecule has 5 heteroatoms. The number of carbonyl (C=O) groups excluding carboxylic acids is 1. The molecule has 0 aliphatic carbocycles. The largest absolute Gasteiger partial charge is 0.343 e. The van der Waals surface area contributed by atoms with Crippen molar-refractivity contribution in [1.82, 2.24) is 20.1 Å². The van der Waals surface area contributed by atoms with E-state index in [-0.39, 0.29) is 5.91 Å². The van der Waals surface area contributed by atoms with Gasteiger partial charge in [-0.05, 0) is 49.8 Å². The molecule has 0 spiro atoms. The van der Waals surface area contributed by atoms with Crippen LogP contribution in [0.2, 0.25) is 0 Å². The summed E-state index contributed by atoms with van der Waals surface area (Å²) in [5.41, 5.74) is 4.17. The predicted molar refractivity (Wildman–Crippen MR) is 85.2 cm³/mol. The van der Waals surface area contributed by atoms with Crippen molar-refractivity contribution in [2.75, 3.05) is 13.1 Å². The molecule has 0 radical (unpaired) electrons. The molecule has 3 rings (SSSR count). The van der Waals surface area contributed by atoms with Gasteiger partial charge in [-0.1, -0.05) is 6.07 Å². The molecule has 0 saturated carbocycles. The quantitative estimate of drug-likeness (QED) is 0.947.